The lowest BCUT2D eigenvalue weighted by molar-refractivity contribution is 0.409. The van der Waals surface area contributed by atoms with Gasteiger partial charge in [0.25, 0.3) is 0 Å². The van der Waals surface area contributed by atoms with Gasteiger partial charge >= 0.3 is 0 Å². The molecule has 0 atom stereocenters. The highest BCUT2D eigenvalue weighted by atomic mass is 15.1. The molecule has 0 aromatic carbocycles. The zero-order valence-electron chi connectivity index (χ0n) is 5.56. The Morgan fingerprint density at radius 2 is 2.12 bits per heavy atom. The van der Waals surface area contributed by atoms with Gasteiger partial charge in [-0.15, -0.1) is 0 Å². The smallest absolute Gasteiger partial charge is 0.0248 e. The Balaban J connectivity index is 2.17. The fourth-order valence-electron chi connectivity index (χ4n) is 1.09. The summed E-state index contributed by atoms with van der Waals surface area (Å²) in [6, 6.07) is 0. The van der Waals surface area contributed by atoms with Crippen LogP contribution in [0.4, 0.5) is 0 Å². The van der Waals surface area contributed by atoms with Crippen molar-refractivity contribution in [3.05, 3.63) is 6.54 Å². The number of hydrogen-bond acceptors (Lipinski definition) is 1. The second-order valence-corrected chi connectivity index (χ2v) is 2.51. The van der Waals surface area contributed by atoms with Crippen molar-refractivity contribution in [1.29, 1.82) is 0 Å². The monoisotopic (exact) mass is 112 g/mol. The van der Waals surface area contributed by atoms with E-state index in [1.54, 1.807) is 0 Å². The number of nitrogens with zero attached hydrogens (tertiary/aromatic N) is 1. The molecule has 1 nitrogen and oxygen atoms in total. The lowest BCUT2D eigenvalue weighted by Crippen LogP contribution is -2.13. The topological polar surface area (TPSA) is 3.24 Å². The lowest BCUT2D eigenvalue weighted by atomic mass is 10.2. The maximum absolute atomic E-state index is 2.30. The number of likely N-dealkylation sites (tertiary alicyclic amines) is 1. The molecule has 1 aliphatic heterocycles. The number of rotatable bonds is 0. The minimum Gasteiger partial charge on any atom is -0.302 e. The van der Waals surface area contributed by atoms with E-state index >= 15 is 0 Å². The standard InChI is InChI=1S/C7H14N/c1-8-6-4-2-3-5-7-8/h6H,2-5,7H2,1H3. The quantitative estimate of drug-likeness (QED) is 0.460. The minimum absolute atomic E-state index is 1.26. The van der Waals surface area contributed by atoms with Crippen LogP contribution < -0.4 is 0 Å². The summed E-state index contributed by atoms with van der Waals surface area (Å²) in [6.45, 7) is 3.56. The maximum atomic E-state index is 2.30. The van der Waals surface area contributed by atoms with Crippen molar-refractivity contribution in [1.82, 2.24) is 4.90 Å². The molecular formula is C7H14N. The van der Waals surface area contributed by atoms with Crippen LogP contribution in [0.2, 0.25) is 0 Å². The molecule has 1 saturated heterocycles. The van der Waals surface area contributed by atoms with Crippen LogP contribution in [0, 0.1) is 6.54 Å². The highest BCUT2D eigenvalue weighted by molar-refractivity contribution is 4.68. The van der Waals surface area contributed by atoms with E-state index < -0.39 is 0 Å². The summed E-state index contributed by atoms with van der Waals surface area (Å²) in [5.74, 6) is 0. The average molecular weight is 112 g/mol. The van der Waals surface area contributed by atoms with Gasteiger partial charge < -0.3 is 4.90 Å². The molecule has 8 heavy (non-hydrogen) atoms. The maximum Gasteiger partial charge on any atom is 0.0248 e. The van der Waals surface area contributed by atoms with Crippen molar-refractivity contribution in [3.63, 3.8) is 0 Å². The van der Waals surface area contributed by atoms with Gasteiger partial charge in [0.1, 0.15) is 0 Å². The molecule has 1 aliphatic rings. The van der Waals surface area contributed by atoms with Gasteiger partial charge in [0.2, 0.25) is 0 Å². The largest absolute Gasteiger partial charge is 0.302 e. The molecule has 47 valence electrons. The Morgan fingerprint density at radius 1 is 1.25 bits per heavy atom. The predicted octanol–water partition coefficient (Wildman–Crippen LogP) is 1.65. The zero-order chi connectivity index (χ0) is 5.82. The molecule has 0 spiro atoms. The van der Waals surface area contributed by atoms with Gasteiger partial charge in [-0.25, -0.2) is 0 Å². The molecular weight excluding hydrogens is 98.1 g/mol. The summed E-state index contributed by atoms with van der Waals surface area (Å²) >= 11 is 0. The van der Waals surface area contributed by atoms with E-state index in [1.807, 2.05) is 0 Å². The van der Waals surface area contributed by atoms with Crippen molar-refractivity contribution in [2.45, 2.75) is 25.7 Å². The molecule has 1 heteroatoms. The molecule has 0 aromatic heterocycles. The van der Waals surface area contributed by atoms with Crippen LogP contribution in [0.1, 0.15) is 25.7 Å². The van der Waals surface area contributed by atoms with Crippen molar-refractivity contribution in [3.8, 4) is 0 Å². The summed E-state index contributed by atoms with van der Waals surface area (Å²) in [6.07, 6.45) is 5.48. The second kappa shape index (κ2) is 3.08. The SMILES string of the molecule is CN1[CH]CCCCC1. The summed E-state index contributed by atoms with van der Waals surface area (Å²) in [7, 11) is 2.16. The average Bonchev–Trinajstić information content (AvgIpc) is 1.94. The molecule has 0 amide bonds. The minimum atomic E-state index is 1.26. The van der Waals surface area contributed by atoms with E-state index in [4.69, 9.17) is 0 Å². The summed E-state index contributed by atoms with van der Waals surface area (Å²) in [5.41, 5.74) is 0. The van der Waals surface area contributed by atoms with E-state index in [9.17, 15) is 0 Å². The molecule has 1 fully saturated rings. The summed E-state index contributed by atoms with van der Waals surface area (Å²) in [5, 5.41) is 0. The van der Waals surface area contributed by atoms with Crippen molar-refractivity contribution in [2.24, 2.45) is 0 Å². The van der Waals surface area contributed by atoms with Crippen LogP contribution >= 0.6 is 0 Å². The normalized spacial score (nSPS) is 25.1. The number of hydrogen-bond donors (Lipinski definition) is 0. The molecule has 1 rings (SSSR count). The van der Waals surface area contributed by atoms with Crippen LogP contribution in [0.3, 0.4) is 0 Å². The fraction of sp³-hybridized carbons (Fsp3) is 0.857. The van der Waals surface area contributed by atoms with Gasteiger partial charge in [0.15, 0.2) is 0 Å². The van der Waals surface area contributed by atoms with Crippen LogP contribution in [0.15, 0.2) is 0 Å². The predicted molar refractivity (Wildman–Crippen MR) is 35.4 cm³/mol. The van der Waals surface area contributed by atoms with Gasteiger partial charge in [-0.05, 0) is 26.4 Å². The van der Waals surface area contributed by atoms with Gasteiger partial charge in [-0.2, -0.15) is 0 Å². The van der Waals surface area contributed by atoms with E-state index in [0.717, 1.165) is 0 Å². The molecule has 0 aliphatic carbocycles. The Hall–Kier alpha value is -0.0400. The van der Waals surface area contributed by atoms with Crippen molar-refractivity contribution in [2.75, 3.05) is 13.6 Å². The first-order valence-electron chi connectivity index (χ1n) is 3.43. The third-order valence-electron chi connectivity index (χ3n) is 1.66. The molecule has 0 aromatic rings. The van der Waals surface area contributed by atoms with Crippen molar-refractivity contribution < 1.29 is 0 Å². The third-order valence-corrected chi connectivity index (χ3v) is 1.66. The lowest BCUT2D eigenvalue weighted by Gasteiger charge is -2.09. The molecule has 0 saturated carbocycles. The zero-order valence-corrected chi connectivity index (χ0v) is 5.56. The Bertz CT molecular complexity index is 53.4. The Kier molecular flexibility index (Phi) is 2.34. The summed E-state index contributed by atoms with van der Waals surface area (Å²) < 4.78 is 0. The second-order valence-electron chi connectivity index (χ2n) is 2.51. The first-order valence-corrected chi connectivity index (χ1v) is 3.43. The van der Waals surface area contributed by atoms with E-state index in [-0.39, 0.29) is 0 Å². The third kappa shape index (κ3) is 1.83. The van der Waals surface area contributed by atoms with E-state index in [2.05, 4.69) is 18.5 Å². The Morgan fingerprint density at radius 3 is 3.00 bits per heavy atom. The van der Waals surface area contributed by atoms with Crippen LogP contribution in [-0.4, -0.2) is 18.5 Å². The van der Waals surface area contributed by atoms with Crippen LogP contribution in [0.25, 0.3) is 0 Å². The first kappa shape index (κ1) is 6.09. The van der Waals surface area contributed by atoms with Crippen LogP contribution in [0.5, 0.6) is 0 Å². The summed E-state index contributed by atoms with van der Waals surface area (Å²) in [4.78, 5) is 2.30. The van der Waals surface area contributed by atoms with E-state index in [0.29, 0.717) is 0 Å². The Labute approximate surface area is 51.7 Å². The van der Waals surface area contributed by atoms with Crippen molar-refractivity contribution >= 4 is 0 Å². The highest BCUT2D eigenvalue weighted by Gasteiger charge is 2.02. The highest BCUT2D eigenvalue weighted by Crippen LogP contribution is 2.09. The van der Waals surface area contributed by atoms with Gasteiger partial charge in [-0.1, -0.05) is 12.8 Å². The van der Waals surface area contributed by atoms with Gasteiger partial charge in [0, 0.05) is 6.54 Å². The molecule has 0 unspecified atom stereocenters. The molecule has 0 N–H and O–H groups in total. The molecule has 0 bridgehead atoms. The van der Waals surface area contributed by atoms with Gasteiger partial charge in [0.05, 0.1) is 0 Å². The molecule has 1 radical (unpaired) electrons. The molecule has 1 heterocycles. The first-order chi connectivity index (χ1) is 3.89. The van der Waals surface area contributed by atoms with Gasteiger partial charge in [-0.3, -0.25) is 0 Å². The van der Waals surface area contributed by atoms with E-state index in [1.165, 1.54) is 32.2 Å². The fourth-order valence-corrected chi connectivity index (χ4v) is 1.09. The van der Waals surface area contributed by atoms with Crippen LogP contribution in [-0.2, 0) is 0 Å².